The molecule has 0 spiro atoms. The third-order valence-corrected chi connectivity index (χ3v) is 6.92. The molecule has 1 rings (SSSR count). The topological polar surface area (TPSA) is 23.9 Å². The van der Waals surface area contributed by atoms with E-state index in [0.717, 1.165) is 12.3 Å². The first-order valence-corrected chi connectivity index (χ1v) is 10.2. The number of hydrogen-bond acceptors (Lipinski definition) is 1. The molecule has 0 saturated heterocycles. The van der Waals surface area contributed by atoms with E-state index in [0.29, 0.717) is 29.6 Å². The molecule has 0 radical (unpaired) electrons. The molecule has 0 aromatic rings. The number of rotatable bonds is 6. The Kier molecular flexibility index (Phi) is 8.46. The van der Waals surface area contributed by atoms with Crippen molar-refractivity contribution in [2.75, 3.05) is 0 Å². The van der Waals surface area contributed by atoms with Crippen LogP contribution in [0.5, 0.6) is 0 Å². The smallest absolute Gasteiger partial charge is 0.00136 e. The van der Waals surface area contributed by atoms with Crippen LogP contribution in [-0.4, -0.2) is 6.21 Å². The summed E-state index contributed by atoms with van der Waals surface area (Å²) in [5.41, 5.74) is 4.91. The highest BCUT2D eigenvalue weighted by molar-refractivity contribution is 5.57. The summed E-state index contributed by atoms with van der Waals surface area (Å²) in [6.07, 6.45) is 9.11. The van der Waals surface area contributed by atoms with Crippen LogP contribution in [0.2, 0.25) is 0 Å². The molecule has 0 bridgehead atoms. The zero-order valence-corrected chi connectivity index (χ0v) is 17.4. The molecule has 1 heteroatoms. The zero-order chi connectivity index (χ0) is 18.4. The highest BCUT2D eigenvalue weighted by Crippen LogP contribution is 2.40. The number of allylic oxidation sites excluding steroid dienone is 4. The van der Waals surface area contributed by atoms with Crippen molar-refractivity contribution in [1.29, 1.82) is 5.41 Å². The van der Waals surface area contributed by atoms with Crippen LogP contribution in [0.4, 0.5) is 0 Å². The lowest BCUT2D eigenvalue weighted by Crippen LogP contribution is -2.21. The van der Waals surface area contributed by atoms with Gasteiger partial charge in [-0.3, -0.25) is 0 Å². The van der Waals surface area contributed by atoms with Crippen molar-refractivity contribution in [3.05, 3.63) is 22.8 Å². The summed E-state index contributed by atoms with van der Waals surface area (Å²) in [7, 11) is 0. The van der Waals surface area contributed by atoms with Crippen LogP contribution < -0.4 is 0 Å². The van der Waals surface area contributed by atoms with Gasteiger partial charge < -0.3 is 5.41 Å². The summed E-state index contributed by atoms with van der Waals surface area (Å²) in [4.78, 5) is 0. The molecule has 1 nitrogen and oxygen atoms in total. The Bertz CT molecular complexity index is 470. The van der Waals surface area contributed by atoms with E-state index < -0.39 is 0 Å². The molecule has 0 amide bonds. The molecule has 1 aliphatic carbocycles. The Morgan fingerprint density at radius 3 is 2.33 bits per heavy atom. The van der Waals surface area contributed by atoms with Crippen molar-refractivity contribution in [2.24, 2.45) is 35.5 Å². The van der Waals surface area contributed by atoms with Crippen LogP contribution in [0, 0.1) is 40.9 Å². The van der Waals surface area contributed by atoms with E-state index in [1.165, 1.54) is 19.3 Å². The fourth-order valence-electron chi connectivity index (χ4n) is 4.42. The van der Waals surface area contributed by atoms with Gasteiger partial charge in [0.15, 0.2) is 0 Å². The Hall–Kier alpha value is -0.850. The van der Waals surface area contributed by atoms with Crippen molar-refractivity contribution in [3.8, 4) is 0 Å². The highest BCUT2D eigenvalue weighted by Gasteiger charge is 2.28. The molecule has 6 unspecified atom stereocenters. The maximum atomic E-state index is 7.71. The average molecular weight is 332 g/mol. The zero-order valence-electron chi connectivity index (χ0n) is 17.4. The van der Waals surface area contributed by atoms with Crippen LogP contribution in [-0.2, 0) is 0 Å². The second-order valence-corrected chi connectivity index (χ2v) is 8.34. The normalized spacial score (nSPS) is 35.0. The Labute approximate surface area is 151 Å². The molecule has 1 N–H and O–H groups in total. The summed E-state index contributed by atoms with van der Waals surface area (Å²) in [5, 5.41) is 7.71. The van der Waals surface area contributed by atoms with Gasteiger partial charge >= 0.3 is 0 Å². The molecule has 0 aromatic heterocycles. The lowest BCUT2D eigenvalue weighted by atomic mass is 9.74. The van der Waals surface area contributed by atoms with Crippen molar-refractivity contribution >= 4 is 6.21 Å². The molecule has 0 heterocycles. The van der Waals surface area contributed by atoms with Gasteiger partial charge in [-0.25, -0.2) is 0 Å². The summed E-state index contributed by atoms with van der Waals surface area (Å²) >= 11 is 0. The largest absolute Gasteiger partial charge is 0.313 e. The number of hydrogen-bond donors (Lipinski definition) is 1. The van der Waals surface area contributed by atoms with Gasteiger partial charge in [0.25, 0.3) is 0 Å². The van der Waals surface area contributed by atoms with E-state index in [4.69, 9.17) is 5.41 Å². The highest BCUT2D eigenvalue weighted by atomic mass is 14.4. The first-order valence-electron chi connectivity index (χ1n) is 10.2. The quantitative estimate of drug-likeness (QED) is 0.390. The third-order valence-electron chi connectivity index (χ3n) is 6.92. The van der Waals surface area contributed by atoms with Gasteiger partial charge in [-0.1, -0.05) is 77.7 Å². The van der Waals surface area contributed by atoms with E-state index in [1.54, 1.807) is 22.9 Å². The minimum atomic E-state index is 0.323. The van der Waals surface area contributed by atoms with Crippen molar-refractivity contribution in [1.82, 2.24) is 0 Å². The van der Waals surface area contributed by atoms with Gasteiger partial charge in [0.2, 0.25) is 0 Å². The van der Waals surface area contributed by atoms with Crippen LogP contribution >= 0.6 is 0 Å². The second kappa shape index (κ2) is 9.59. The van der Waals surface area contributed by atoms with Crippen LogP contribution in [0.15, 0.2) is 22.8 Å². The monoisotopic (exact) mass is 331 g/mol. The van der Waals surface area contributed by atoms with Gasteiger partial charge in [0.05, 0.1) is 0 Å². The maximum absolute atomic E-state index is 7.71. The van der Waals surface area contributed by atoms with Crippen molar-refractivity contribution in [2.45, 2.75) is 81.1 Å². The lowest BCUT2D eigenvalue weighted by molar-refractivity contribution is 0.366. The summed E-state index contributed by atoms with van der Waals surface area (Å²) in [6.45, 7) is 18.8. The minimum absolute atomic E-state index is 0.323. The standard InChI is InChI=1S/C23H41N/c1-9-15(3)22-12-11-16(4)23(18(6)17(5)14-24)20(8)19(7)21(10-2)13-22/h12,14-19,21,24H,9-11,13H2,1-8H3/b22-12-,23-20+,24-14?. The van der Waals surface area contributed by atoms with Crippen LogP contribution in [0.25, 0.3) is 0 Å². The number of nitrogens with one attached hydrogen (secondary N) is 1. The Morgan fingerprint density at radius 2 is 1.83 bits per heavy atom. The predicted octanol–water partition coefficient (Wildman–Crippen LogP) is 7.29. The molecule has 138 valence electrons. The first kappa shape index (κ1) is 21.2. The molecule has 0 aliphatic heterocycles. The Morgan fingerprint density at radius 1 is 1.21 bits per heavy atom. The molecule has 6 atom stereocenters. The average Bonchev–Trinajstić information content (AvgIpc) is 2.63. The van der Waals surface area contributed by atoms with Crippen molar-refractivity contribution < 1.29 is 0 Å². The van der Waals surface area contributed by atoms with Gasteiger partial charge in [-0.05, 0) is 67.9 Å². The fourth-order valence-corrected chi connectivity index (χ4v) is 4.42. The first-order chi connectivity index (χ1) is 11.3. The summed E-state index contributed by atoms with van der Waals surface area (Å²) in [6, 6.07) is 0. The molecular formula is C23H41N. The van der Waals surface area contributed by atoms with E-state index in [9.17, 15) is 0 Å². The molecule has 0 fully saturated rings. The maximum Gasteiger partial charge on any atom is -0.00136 e. The van der Waals surface area contributed by atoms with E-state index in [2.05, 4.69) is 61.5 Å². The van der Waals surface area contributed by atoms with Gasteiger partial charge in [-0.15, -0.1) is 0 Å². The minimum Gasteiger partial charge on any atom is -0.313 e. The Balaban J connectivity index is 3.33. The predicted molar refractivity (Wildman–Crippen MR) is 109 cm³/mol. The third kappa shape index (κ3) is 4.83. The van der Waals surface area contributed by atoms with E-state index >= 15 is 0 Å². The SMILES string of the molecule is CCC(C)/C1=C\CC(C)/C(C(C)C(C)C=N)=C(/C)C(C)C(CC)C1. The molecular weight excluding hydrogens is 290 g/mol. The van der Waals surface area contributed by atoms with Gasteiger partial charge in [0.1, 0.15) is 0 Å². The molecule has 0 aromatic carbocycles. The second-order valence-electron chi connectivity index (χ2n) is 8.34. The molecule has 24 heavy (non-hydrogen) atoms. The summed E-state index contributed by atoms with van der Waals surface area (Å²) in [5.74, 6) is 3.46. The van der Waals surface area contributed by atoms with Crippen LogP contribution in [0.1, 0.15) is 81.1 Å². The van der Waals surface area contributed by atoms with E-state index in [-0.39, 0.29) is 0 Å². The lowest BCUT2D eigenvalue weighted by Gasteiger charge is -2.31. The summed E-state index contributed by atoms with van der Waals surface area (Å²) < 4.78 is 0. The fraction of sp³-hybridized carbons (Fsp3) is 0.783. The van der Waals surface area contributed by atoms with E-state index in [1.807, 2.05) is 0 Å². The molecule has 1 aliphatic rings. The van der Waals surface area contributed by atoms with Crippen LogP contribution in [0.3, 0.4) is 0 Å². The van der Waals surface area contributed by atoms with Gasteiger partial charge in [0, 0.05) is 0 Å². The van der Waals surface area contributed by atoms with Crippen molar-refractivity contribution in [3.63, 3.8) is 0 Å². The molecule has 0 saturated carbocycles. The van der Waals surface area contributed by atoms with Gasteiger partial charge in [-0.2, -0.15) is 0 Å².